The number of aromatic nitrogens is 2. The van der Waals surface area contributed by atoms with Gasteiger partial charge in [-0.3, -0.25) is 14.9 Å². The van der Waals surface area contributed by atoms with Gasteiger partial charge >= 0.3 is 5.97 Å². The molecule has 132 valence electrons. The van der Waals surface area contributed by atoms with Gasteiger partial charge in [-0.25, -0.2) is 9.97 Å². The van der Waals surface area contributed by atoms with Crippen molar-refractivity contribution in [2.75, 3.05) is 7.11 Å². The van der Waals surface area contributed by atoms with Gasteiger partial charge < -0.3 is 4.74 Å². The van der Waals surface area contributed by atoms with Crippen LogP contribution in [0.3, 0.4) is 0 Å². The molecule has 0 fully saturated rings. The maximum atomic E-state index is 11.3. The standard InChI is InChI=1S/C15H13Cl2N3O4S/c1-8-5-9(3-4-11(8)20(22)23)7-25-15-18-13(16)10(14(17)19-15)6-12(21)24-2/h3-5H,6-7H2,1-2H3. The molecule has 0 atom stereocenters. The second-order valence-corrected chi connectivity index (χ2v) is 6.64. The van der Waals surface area contributed by atoms with Crippen molar-refractivity contribution in [3.63, 3.8) is 0 Å². The SMILES string of the molecule is COC(=O)Cc1c(Cl)nc(SCc2ccc([N+](=O)[O-])c(C)c2)nc1Cl. The Labute approximate surface area is 157 Å². The van der Waals surface area contributed by atoms with E-state index in [4.69, 9.17) is 23.2 Å². The van der Waals surface area contributed by atoms with Crippen LogP contribution in [0.2, 0.25) is 10.3 Å². The quantitative estimate of drug-likeness (QED) is 0.180. The third kappa shape index (κ3) is 5.04. The number of methoxy groups -OCH3 is 1. The van der Waals surface area contributed by atoms with Crippen molar-refractivity contribution < 1.29 is 14.5 Å². The molecule has 0 spiro atoms. The van der Waals surface area contributed by atoms with Crippen LogP contribution in [0.15, 0.2) is 23.4 Å². The Morgan fingerprint density at radius 3 is 2.48 bits per heavy atom. The van der Waals surface area contributed by atoms with Crippen molar-refractivity contribution in [2.45, 2.75) is 24.3 Å². The van der Waals surface area contributed by atoms with E-state index in [1.54, 1.807) is 19.1 Å². The summed E-state index contributed by atoms with van der Waals surface area (Å²) in [6.45, 7) is 1.68. The van der Waals surface area contributed by atoms with Crippen LogP contribution in [0.4, 0.5) is 5.69 Å². The van der Waals surface area contributed by atoms with Crippen molar-refractivity contribution >= 4 is 46.6 Å². The summed E-state index contributed by atoms with van der Waals surface area (Å²) in [5.74, 6) is -0.00358. The van der Waals surface area contributed by atoms with Gasteiger partial charge in [0.05, 0.1) is 18.5 Å². The van der Waals surface area contributed by atoms with E-state index in [0.29, 0.717) is 22.0 Å². The fourth-order valence-corrected chi connectivity index (χ4v) is 3.41. The summed E-state index contributed by atoms with van der Waals surface area (Å²) in [6.07, 6.45) is -0.110. The van der Waals surface area contributed by atoms with Crippen molar-refractivity contribution in [3.05, 3.63) is 55.3 Å². The Morgan fingerprint density at radius 1 is 1.32 bits per heavy atom. The van der Waals surface area contributed by atoms with Gasteiger partial charge in [-0.15, -0.1) is 0 Å². The van der Waals surface area contributed by atoms with Crippen LogP contribution in [0.25, 0.3) is 0 Å². The second-order valence-electron chi connectivity index (χ2n) is 4.99. The number of ether oxygens (including phenoxy) is 1. The Kier molecular flexibility index (Phi) is 6.57. The van der Waals surface area contributed by atoms with E-state index in [9.17, 15) is 14.9 Å². The van der Waals surface area contributed by atoms with Gasteiger partial charge in [0, 0.05) is 22.9 Å². The fourth-order valence-electron chi connectivity index (χ4n) is 2.00. The molecule has 2 aromatic rings. The number of carbonyl (C=O) groups is 1. The predicted molar refractivity (Wildman–Crippen MR) is 95.2 cm³/mol. The lowest BCUT2D eigenvalue weighted by atomic mass is 10.1. The molecule has 0 saturated carbocycles. The average Bonchev–Trinajstić information content (AvgIpc) is 2.55. The molecule has 2 rings (SSSR count). The van der Waals surface area contributed by atoms with E-state index in [2.05, 4.69) is 14.7 Å². The largest absolute Gasteiger partial charge is 0.469 e. The molecule has 1 aromatic heterocycles. The number of nitrogens with zero attached hydrogens (tertiary/aromatic N) is 3. The number of hydrogen-bond acceptors (Lipinski definition) is 7. The van der Waals surface area contributed by atoms with Crippen molar-refractivity contribution in [1.29, 1.82) is 0 Å². The zero-order valence-electron chi connectivity index (χ0n) is 13.3. The summed E-state index contributed by atoms with van der Waals surface area (Å²) in [4.78, 5) is 30.0. The number of carbonyl (C=O) groups excluding carboxylic acids is 1. The molecule has 0 saturated heterocycles. The lowest BCUT2D eigenvalue weighted by Crippen LogP contribution is -2.07. The molecule has 0 unspecified atom stereocenters. The highest BCUT2D eigenvalue weighted by atomic mass is 35.5. The van der Waals surface area contributed by atoms with Gasteiger partial charge in [0.25, 0.3) is 5.69 Å². The first-order chi connectivity index (χ1) is 11.8. The lowest BCUT2D eigenvalue weighted by Gasteiger charge is -2.07. The minimum Gasteiger partial charge on any atom is -0.469 e. The fraction of sp³-hybridized carbons (Fsp3) is 0.267. The molecule has 0 bridgehead atoms. The molecule has 7 nitrogen and oxygen atoms in total. The summed E-state index contributed by atoms with van der Waals surface area (Å²) in [5.41, 5.74) is 1.84. The van der Waals surface area contributed by atoms with Crippen LogP contribution < -0.4 is 0 Å². The van der Waals surface area contributed by atoms with Crippen LogP contribution in [0.5, 0.6) is 0 Å². The van der Waals surface area contributed by atoms with Crippen molar-refractivity contribution in [3.8, 4) is 0 Å². The number of esters is 1. The topological polar surface area (TPSA) is 95.2 Å². The normalized spacial score (nSPS) is 10.6. The monoisotopic (exact) mass is 401 g/mol. The number of rotatable bonds is 6. The number of nitro benzene ring substituents is 1. The Bertz CT molecular complexity index is 809. The lowest BCUT2D eigenvalue weighted by molar-refractivity contribution is -0.385. The van der Waals surface area contributed by atoms with E-state index in [0.717, 1.165) is 5.56 Å². The molecule has 25 heavy (non-hydrogen) atoms. The minimum absolute atomic E-state index is 0.0725. The summed E-state index contributed by atoms with van der Waals surface area (Å²) in [6, 6.07) is 4.87. The number of aryl methyl sites for hydroxylation is 1. The maximum Gasteiger partial charge on any atom is 0.310 e. The zero-order valence-corrected chi connectivity index (χ0v) is 15.6. The van der Waals surface area contributed by atoms with E-state index in [1.165, 1.54) is 24.9 Å². The first-order valence-electron chi connectivity index (χ1n) is 6.97. The van der Waals surface area contributed by atoms with Gasteiger partial charge in [0.2, 0.25) is 0 Å². The van der Waals surface area contributed by atoms with Gasteiger partial charge in [-0.2, -0.15) is 0 Å². The van der Waals surface area contributed by atoms with Crippen LogP contribution in [-0.2, 0) is 21.7 Å². The smallest absolute Gasteiger partial charge is 0.310 e. The predicted octanol–water partition coefficient (Wildman–Crippen LogP) is 4.01. The molecular weight excluding hydrogens is 389 g/mol. The van der Waals surface area contributed by atoms with Gasteiger partial charge in [0.15, 0.2) is 5.16 Å². The number of halogens is 2. The van der Waals surface area contributed by atoms with Crippen molar-refractivity contribution in [2.24, 2.45) is 0 Å². The number of benzene rings is 1. The van der Waals surface area contributed by atoms with E-state index in [1.807, 2.05) is 0 Å². The highest BCUT2D eigenvalue weighted by molar-refractivity contribution is 7.98. The first kappa shape index (κ1) is 19.4. The maximum absolute atomic E-state index is 11.3. The number of thioether (sulfide) groups is 1. The Hall–Kier alpha value is -1.90. The van der Waals surface area contributed by atoms with Gasteiger partial charge in [-0.05, 0) is 18.6 Å². The van der Waals surface area contributed by atoms with Crippen molar-refractivity contribution in [1.82, 2.24) is 9.97 Å². The molecule has 0 N–H and O–H groups in total. The molecule has 10 heteroatoms. The van der Waals surface area contributed by atoms with Crippen LogP contribution >= 0.6 is 35.0 Å². The summed E-state index contributed by atoms with van der Waals surface area (Å²) >= 11 is 13.4. The number of nitro groups is 1. The van der Waals surface area contributed by atoms with E-state index in [-0.39, 0.29) is 22.4 Å². The molecule has 0 aliphatic heterocycles. The van der Waals surface area contributed by atoms with Crippen LogP contribution in [-0.4, -0.2) is 28.0 Å². The Balaban J connectivity index is 2.12. The second kappa shape index (κ2) is 8.46. The average molecular weight is 402 g/mol. The highest BCUT2D eigenvalue weighted by Crippen LogP contribution is 2.28. The molecule has 0 amide bonds. The van der Waals surface area contributed by atoms with Gasteiger partial charge in [0.1, 0.15) is 10.3 Å². The summed E-state index contributed by atoms with van der Waals surface area (Å²) in [5, 5.41) is 11.4. The number of hydrogen-bond donors (Lipinski definition) is 0. The molecule has 0 aliphatic rings. The van der Waals surface area contributed by atoms with E-state index < -0.39 is 10.9 Å². The summed E-state index contributed by atoms with van der Waals surface area (Å²) in [7, 11) is 1.27. The molecule has 1 aromatic carbocycles. The van der Waals surface area contributed by atoms with Gasteiger partial charge in [-0.1, -0.05) is 41.0 Å². The third-order valence-electron chi connectivity index (χ3n) is 3.26. The third-order valence-corrected chi connectivity index (χ3v) is 4.80. The van der Waals surface area contributed by atoms with Crippen LogP contribution in [0, 0.1) is 17.0 Å². The minimum atomic E-state index is -0.492. The molecule has 0 radical (unpaired) electrons. The Morgan fingerprint density at radius 2 is 1.96 bits per heavy atom. The first-order valence-corrected chi connectivity index (χ1v) is 8.71. The van der Waals surface area contributed by atoms with Crippen LogP contribution in [0.1, 0.15) is 16.7 Å². The van der Waals surface area contributed by atoms with E-state index >= 15 is 0 Å². The highest BCUT2D eigenvalue weighted by Gasteiger charge is 2.16. The molecule has 1 heterocycles. The molecular formula is C15H13Cl2N3O4S. The zero-order chi connectivity index (χ0) is 18.6. The molecule has 0 aliphatic carbocycles. The summed E-state index contributed by atoms with van der Waals surface area (Å²) < 4.78 is 4.57.